The summed E-state index contributed by atoms with van der Waals surface area (Å²) in [7, 11) is 3.87. The molecule has 2 rings (SSSR count). The predicted octanol–water partition coefficient (Wildman–Crippen LogP) is 6.25. The Kier molecular flexibility index (Phi) is 17.4. The van der Waals surface area contributed by atoms with E-state index >= 15 is 0 Å². The first kappa shape index (κ1) is 36.8. The van der Waals surface area contributed by atoms with E-state index in [0.717, 1.165) is 19.1 Å². The second-order valence-corrected chi connectivity index (χ2v) is 8.98. The molecule has 2 N–H and O–H groups in total. The van der Waals surface area contributed by atoms with Crippen molar-refractivity contribution in [3.63, 3.8) is 0 Å². The Hall–Kier alpha value is -3.21. The molecule has 0 aliphatic carbocycles. The third-order valence-electron chi connectivity index (χ3n) is 5.42. The summed E-state index contributed by atoms with van der Waals surface area (Å²) in [6.45, 7) is 12.4. The minimum atomic E-state index is -5.04. The number of ether oxygens (including phenoxy) is 1. The zero-order valence-electron chi connectivity index (χ0n) is 23.4. The van der Waals surface area contributed by atoms with Gasteiger partial charge in [0.1, 0.15) is 5.82 Å². The molecule has 0 radical (unpaired) electrons. The Labute approximate surface area is 236 Å². The van der Waals surface area contributed by atoms with Crippen LogP contribution in [0.3, 0.4) is 0 Å². The van der Waals surface area contributed by atoms with Gasteiger partial charge in [-0.2, -0.15) is 13.2 Å². The highest BCUT2D eigenvalue weighted by atomic mass is 31.0. The Morgan fingerprint density at radius 2 is 1.85 bits per heavy atom. The number of carbonyl (C=O) groups excluding carboxylic acids is 2. The van der Waals surface area contributed by atoms with E-state index in [1.54, 1.807) is 0 Å². The molecule has 1 amide bonds. The fraction of sp³-hybridized carbons (Fsp3) is 0.400. The summed E-state index contributed by atoms with van der Waals surface area (Å²) < 4.78 is 55.1. The zero-order valence-corrected chi connectivity index (χ0v) is 24.6. The number of halogens is 4. The van der Waals surface area contributed by atoms with Crippen molar-refractivity contribution in [1.29, 1.82) is 0 Å². The fourth-order valence-corrected chi connectivity index (χ4v) is 3.43. The topological polar surface area (TPSA) is 75.6 Å². The number of nitrogens with one attached hydrogen (secondary N) is 1. The summed E-state index contributed by atoms with van der Waals surface area (Å²) in [6.07, 6.45) is -4.24. The Morgan fingerprint density at radius 3 is 2.38 bits per heavy atom. The highest BCUT2D eigenvalue weighted by molar-refractivity contribution is 7.16. The molecule has 2 aromatic rings. The van der Waals surface area contributed by atoms with Gasteiger partial charge in [-0.05, 0) is 61.2 Å². The smallest absolute Gasteiger partial charge is 0.418 e. The summed E-state index contributed by atoms with van der Waals surface area (Å²) in [5.74, 6) is 3.21. The average molecular weight is 584 g/mol. The fourth-order valence-electron chi connectivity index (χ4n) is 3.19. The number of methoxy groups -OCH3 is 1. The normalized spacial score (nSPS) is 12.5. The number of aliphatic hydroxyl groups is 1. The summed E-state index contributed by atoms with van der Waals surface area (Å²) in [6, 6.07) is 9.73. The van der Waals surface area contributed by atoms with Crippen molar-refractivity contribution in [2.75, 3.05) is 13.3 Å². The maximum atomic E-state index is 13.4. The van der Waals surface area contributed by atoms with Crippen molar-refractivity contribution in [2.45, 2.75) is 58.9 Å². The van der Waals surface area contributed by atoms with E-state index in [2.05, 4.69) is 70.5 Å². The molecule has 0 heterocycles. The SMILES string of the molecule is C=C(C)c1ccccc1CCC(C)CP.CC.COC(=O)[C@H](C#Cc1ccc(F)c(C(O)C(F)(F)F)c1)NC=O. The van der Waals surface area contributed by atoms with E-state index in [0.29, 0.717) is 12.1 Å². The van der Waals surface area contributed by atoms with Crippen LogP contribution in [0.4, 0.5) is 17.6 Å². The molecule has 0 saturated heterocycles. The zero-order chi connectivity index (χ0) is 30.9. The molecular formula is C30H38F4NO4P. The maximum Gasteiger partial charge on any atom is 0.418 e. The summed E-state index contributed by atoms with van der Waals surface area (Å²) >= 11 is 0. The van der Waals surface area contributed by atoms with Crippen LogP contribution in [-0.2, 0) is 20.7 Å². The van der Waals surface area contributed by atoms with E-state index in [-0.39, 0.29) is 12.0 Å². The second kappa shape index (κ2) is 19.0. The lowest BCUT2D eigenvalue weighted by Gasteiger charge is -2.15. The predicted molar refractivity (Wildman–Crippen MR) is 154 cm³/mol. The monoisotopic (exact) mass is 583 g/mol. The first-order chi connectivity index (χ1) is 18.8. The standard InChI is InChI=1S/C14H11F4NO4.C14H21P.C2H6/c1-23-13(22)11(19-7-20)5-3-8-2-4-10(15)9(6-8)12(21)14(16,17)18;1-11(2)14-7-5-4-6-13(14)9-8-12(3)10-15;1-2/h2,4,6-7,11-12,21H,1H3,(H,19,20);4-7,12H,1,8-10,15H2,2-3H3;1-2H3/t11-,12?;;/m0../s1. The Bertz CT molecular complexity index is 1160. The number of esters is 1. The van der Waals surface area contributed by atoms with E-state index < -0.39 is 35.7 Å². The van der Waals surface area contributed by atoms with Crippen LogP contribution in [0.15, 0.2) is 49.0 Å². The van der Waals surface area contributed by atoms with Crippen LogP contribution in [-0.4, -0.2) is 43.0 Å². The van der Waals surface area contributed by atoms with E-state index in [9.17, 15) is 27.2 Å². The number of hydrogen-bond acceptors (Lipinski definition) is 4. The van der Waals surface area contributed by atoms with Gasteiger partial charge in [-0.15, -0.1) is 9.24 Å². The first-order valence-electron chi connectivity index (χ1n) is 12.6. The molecule has 4 atom stereocenters. The number of rotatable bonds is 9. The van der Waals surface area contributed by atoms with E-state index in [1.165, 1.54) is 35.7 Å². The van der Waals surface area contributed by atoms with Gasteiger partial charge in [0.15, 0.2) is 12.1 Å². The van der Waals surface area contributed by atoms with Gasteiger partial charge in [-0.3, -0.25) is 4.79 Å². The summed E-state index contributed by atoms with van der Waals surface area (Å²) in [5.41, 5.74) is 2.85. The third-order valence-corrected chi connectivity index (χ3v) is 6.22. The van der Waals surface area contributed by atoms with Crippen molar-refractivity contribution in [1.82, 2.24) is 5.32 Å². The number of aliphatic hydroxyl groups excluding tert-OH is 1. The number of allylic oxidation sites excluding steroid dienone is 1. The van der Waals surface area contributed by atoms with Crippen molar-refractivity contribution in [3.8, 4) is 11.8 Å². The molecule has 5 nitrogen and oxygen atoms in total. The van der Waals surface area contributed by atoms with Crippen LogP contribution in [0.5, 0.6) is 0 Å². The van der Waals surface area contributed by atoms with Gasteiger partial charge >= 0.3 is 12.1 Å². The molecule has 0 aromatic heterocycles. The van der Waals surface area contributed by atoms with Crippen LogP contribution < -0.4 is 5.32 Å². The maximum absolute atomic E-state index is 13.4. The lowest BCUT2D eigenvalue weighted by atomic mass is 9.95. The minimum Gasteiger partial charge on any atom is -0.467 e. The largest absolute Gasteiger partial charge is 0.467 e. The molecule has 2 aromatic carbocycles. The van der Waals surface area contributed by atoms with Crippen molar-refractivity contribution in [2.24, 2.45) is 5.92 Å². The average Bonchev–Trinajstić information content (AvgIpc) is 2.94. The molecule has 40 heavy (non-hydrogen) atoms. The lowest BCUT2D eigenvalue weighted by Crippen LogP contribution is -2.35. The van der Waals surface area contributed by atoms with Gasteiger partial charge in [-0.1, -0.05) is 69.0 Å². The molecule has 0 spiro atoms. The van der Waals surface area contributed by atoms with Crippen molar-refractivity contribution >= 4 is 27.2 Å². The Balaban J connectivity index is 0.000000772. The molecule has 0 bridgehead atoms. The van der Waals surface area contributed by atoms with Crippen LogP contribution in [0.1, 0.15) is 62.5 Å². The number of benzene rings is 2. The molecule has 0 fully saturated rings. The second-order valence-electron chi connectivity index (χ2n) is 8.51. The molecule has 0 aliphatic rings. The molecule has 220 valence electrons. The molecule has 3 unspecified atom stereocenters. The van der Waals surface area contributed by atoms with Gasteiger partial charge in [0, 0.05) is 11.1 Å². The van der Waals surface area contributed by atoms with Crippen LogP contribution in [0.2, 0.25) is 0 Å². The summed E-state index contributed by atoms with van der Waals surface area (Å²) in [4.78, 5) is 21.6. The van der Waals surface area contributed by atoms with Crippen LogP contribution in [0, 0.1) is 23.6 Å². The first-order valence-corrected chi connectivity index (χ1v) is 13.4. The molecular weight excluding hydrogens is 545 g/mol. The highest BCUT2D eigenvalue weighted by Crippen LogP contribution is 2.34. The van der Waals surface area contributed by atoms with Gasteiger partial charge in [0.25, 0.3) is 0 Å². The van der Waals surface area contributed by atoms with Gasteiger partial charge in [0.2, 0.25) is 6.41 Å². The van der Waals surface area contributed by atoms with Gasteiger partial charge in [0.05, 0.1) is 7.11 Å². The molecule has 0 saturated carbocycles. The van der Waals surface area contributed by atoms with Crippen molar-refractivity contribution in [3.05, 3.63) is 77.1 Å². The van der Waals surface area contributed by atoms with E-state index in [4.69, 9.17) is 5.11 Å². The lowest BCUT2D eigenvalue weighted by molar-refractivity contribution is -0.207. The minimum absolute atomic E-state index is 0.0914. The number of carbonyl (C=O) groups is 2. The van der Waals surface area contributed by atoms with Crippen LogP contribution >= 0.6 is 9.24 Å². The number of aryl methyl sites for hydroxylation is 1. The Morgan fingerprint density at radius 1 is 1.23 bits per heavy atom. The van der Waals surface area contributed by atoms with Crippen molar-refractivity contribution < 1.29 is 37.0 Å². The van der Waals surface area contributed by atoms with Crippen LogP contribution in [0.25, 0.3) is 5.57 Å². The number of amides is 1. The molecule has 0 aliphatic heterocycles. The van der Waals surface area contributed by atoms with Gasteiger partial charge < -0.3 is 15.2 Å². The number of hydrogen-bond donors (Lipinski definition) is 2. The highest BCUT2D eigenvalue weighted by Gasteiger charge is 2.40. The number of alkyl halides is 3. The summed E-state index contributed by atoms with van der Waals surface area (Å²) in [5, 5.41) is 11.1. The van der Waals surface area contributed by atoms with E-state index in [1.807, 2.05) is 19.2 Å². The quantitative estimate of drug-likeness (QED) is 0.120. The third kappa shape index (κ3) is 12.8. The van der Waals surface area contributed by atoms with Gasteiger partial charge in [-0.25, -0.2) is 9.18 Å². The molecule has 10 heteroatoms.